The van der Waals surface area contributed by atoms with Crippen molar-refractivity contribution in [3.05, 3.63) is 29.8 Å². The number of para-hydroxylation sites is 1. The van der Waals surface area contributed by atoms with Crippen molar-refractivity contribution in [3.63, 3.8) is 0 Å². The van der Waals surface area contributed by atoms with Gasteiger partial charge < -0.3 is 15.2 Å². The van der Waals surface area contributed by atoms with Gasteiger partial charge in [0.05, 0.1) is 19.8 Å². The first-order valence-corrected chi connectivity index (χ1v) is 5.14. The zero-order valence-electron chi connectivity index (χ0n) is 9.90. The van der Waals surface area contributed by atoms with Crippen molar-refractivity contribution in [3.8, 4) is 17.6 Å². The quantitative estimate of drug-likeness (QED) is 0.623. The van der Waals surface area contributed by atoms with Crippen LogP contribution < -0.4 is 10.5 Å². The molecule has 0 saturated carbocycles. The second-order valence-corrected chi connectivity index (χ2v) is 3.34. The molecule has 0 aliphatic heterocycles. The standard InChI is InChI=1S/C13H15NO3/c1-16-12-9-4-3-6-10(12)7-5-8-11(14)13(15)17-2/h3-4,6,9,11H,8,14H2,1-2H3/t11-/m0/s1. The van der Waals surface area contributed by atoms with Gasteiger partial charge in [0, 0.05) is 6.42 Å². The maximum atomic E-state index is 11.0. The van der Waals surface area contributed by atoms with E-state index in [0.29, 0.717) is 5.75 Å². The van der Waals surface area contributed by atoms with E-state index in [-0.39, 0.29) is 6.42 Å². The van der Waals surface area contributed by atoms with Crippen LogP contribution in [0.1, 0.15) is 12.0 Å². The van der Waals surface area contributed by atoms with E-state index in [4.69, 9.17) is 10.5 Å². The minimum Gasteiger partial charge on any atom is -0.495 e. The van der Waals surface area contributed by atoms with Gasteiger partial charge in [0.2, 0.25) is 0 Å². The second-order valence-electron chi connectivity index (χ2n) is 3.34. The maximum Gasteiger partial charge on any atom is 0.323 e. The third-order valence-corrected chi connectivity index (χ3v) is 2.16. The third kappa shape index (κ3) is 3.82. The van der Waals surface area contributed by atoms with Gasteiger partial charge in [0.25, 0.3) is 0 Å². The molecule has 0 radical (unpaired) electrons. The van der Waals surface area contributed by atoms with Gasteiger partial charge in [0.15, 0.2) is 0 Å². The van der Waals surface area contributed by atoms with E-state index in [2.05, 4.69) is 16.6 Å². The summed E-state index contributed by atoms with van der Waals surface area (Å²) in [4.78, 5) is 11.0. The first-order valence-electron chi connectivity index (χ1n) is 5.14. The van der Waals surface area contributed by atoms with Crippen LogP contribution in [0, 0.1) is 11.8 Å². The van der Waals surface area contributed by atoms with Crippen LogP contribution in [0.3, 0.4) is 0 Å². The number of methoxy groups -OCH3 is 2. The van der Waals surface area contributed by atoms with Gasteiger partial charge in [-0.25, -0.2) is 0 Å². The number of esters is 1. The van der Waals surface area contributed by atoms with Crippen molar-refractivity contribution < 1.29 is 14.3 Å². The average molecular weight is 233 g/mol. The molecule has 0 saturated heterocycles. The van der Waals surface area contributed by atoms with Crippen molar-refractivity contribution >= 4 is 5.97 Å². The number of hydrogen-bond acceptors (Lipinski definition) is 4. The molecule has 4 nitrogen and oxygen atoms in total. The van der Waals surface area contributed by atoms with Crippen molar-refractivity contribution in [2.75, 3.05) is 14.2 Å². The zero-order valence-corrected chi connectivity index (χ0v) is 9.90. The Morgan fingerprint density at radius 2 is 2.12 bits per heavy atom. The van der Waals surface area contributed by atoms with Crippen molar-refractivity contribution in [1.82, 2.24) is 0 Å². The van der Waals surface area contributed by atoms with Crippen molar-refractivity contribution in [2.45, 2.75) is 12.5 Å². The molecule has 4 heteroatoms. The number of carbonyl (C=O) groups excluding carboxylic acids is 1. The van der Waals surface area contributed by atoms with Crippen molar-refractivity contribution in [2.24, 2.45) is 5.73 Å². The number of nitrogens with two attached hydrogens (primary N) is 1. The van der Waals surface area contributed by atoms with Gasteiger partial charge in [-0.3, -0.25) is 4.79 Å². The van der Waals surface area contributed by atoms with Crippen LogP contribution in [0.5, 0.6) is 5.75 Å². The highest BCUT2D eigenvalue weighted by atomic mass is 16.5. The molecule has 1 rings (SSSR count). The monoisotopic (exact) mass is 233 g/mol. The molecule has 1 atom stereocenters. The molecule has 0 bridgehead atoms. The highest BCUT2D eigenvalue weighted by molar-refractivity contribution is 5.75. The van der Waals surface area contributed by atoms with Crippen LogP contribution in [0.25, 0.3) is 0 Å². The third-order valence-electron chi connectivity index (χ3n) is 2.16. The van der Waals surface area contributed by atoms with Crippen molar-refractivity contribution in [1.29, 1.82) is 0 Å². The minimum atomic E-state index is -0.706. The molecule has 2 N–H and O–H groups in total. The smallest absolute Gasteiger partial charge is 0.323 e. The molecule has 0 heterocycles. The summed E-state index contributed by atoms with van der Waals surface area (Å²) in [6, 6.07) is 6.69. The average Bonchev–Trinajstić information content (AvgIpc) is 2.38. The molecule has 90 valence electrons. The van der Waals surface area contributed by atoms with E-state index < -0.39 is 12.0 Å². The fourth-order valence-electron chi connectivity index (χ4n) is 1.24. The summed E-state index contributed by atoms with van der Waals surface area (Å²) < 4.78 is 9.65. The van der Waals surface area contributed by atoms with Crippen LogP contribution in [0.4, 0.5) is 0 Å². The maximum absolute atomic E-state index is 11.0. The minimum absolute atomic E-state index is 0.255. The summed E-state index contributed by atoms with van der Waals surface area (Å²) in [5.74, 6) is 5.99. The zero-order chi connectivity index (χ0) is 12.7. The molecule has 0 unspecified atom stereocenters. The normalized spacial score (nSPS) is 11.0. The van der Waals surface area contributed by atoms with Crippen LogP contribution >= 0.6 is 0 Å². The van der Waals surface area contributed by atoms with Gasteiger partial charge in [0.1, 0.15) is 11.8 Å². The van der Waals surface area contributed by atoms with E-state index in [1.807, 2.05) is 24.3 Å². The Labute approximate surface area is 101 Å². The molecule has 0 fully saturated rings. The van der Waals surface area contributed by atoms with Crippen LogP contribution in [0.15, 0.2) is 24.3 Å². The first-order chi connectivity index (χ1) is 8.19. The van der Waals surface area contributed by atoms with Gasteiger partial charge >= 0.3 is 5.97 Å². The summed E-state index contributed by atoms with van der Waals surface area (Å²) >= 11 is 0. The summed E-state index contributed by atoms with van der Waals surface area (Å²) in [6.45, 7) is 0. The summed E-state index contributed by atoms with van der Waals surface area (Å²) in [7, 11) is 2.89. The van der Waals surface area contributed by atoms with E-state index in [9.17, 15) is 4.79 Å². The lowest BCUT2D eigenvalue weighted by molar-refractivity contribution is -0.142. The summed E-state index contributed by atoms with van der Waals surface area (Å²) in [6.07, 6.45) is 0.255. The molecule has 1 aromatic carbocycles. The Hall–Kier alpha value is -1.99. The first kappa shape index (κ1) is 13.1. The molecule has 0 spiro atoms. The molecular weight excluding hydrogens is 218 g/mol. The predicted octanol–water partition coefficient (Wildman–Crippen LogP) is 0.937. The number of benzene rings is 1. The Balaban J connectivity index is 2.69. The van der Waals surface area contributed by atoms with Crippen LogP contribution in [-0.2, 0) is 9.53 Å². The molecular formula is C13H15NO3. The molecule has 0 aromatic heterocycles. The SMILES string of the molecule is COC(=O)[C@@H](N)CC#Cc1ccccc1OC. The Bertz CT molecular complexity index is 445. The number of carbonyl (C=O) groups is 1. The van der Waals surface area contributed by atoms with Gasteiger partial charge in [-0.2, -0.15) is 0 Å². The largest absolute Gasteiger partial charge is 0.495 e. The lowest BCUT2D eigenvalue weighted by atomic mass is 10.1. The van der Waals surface area contributed by atoms with Gasteiger partial charge in [-0.05, 0) is 12.1 Å². The predicted molar refractivity (Wildman–Crippen MR) is 64.5 cm³/mol. The van der Waals surface area contributed by atoms with E-state index in [0.717, 1.165) is 5.56 Å². The Morgan fingerprint density at radius 3 is 2.76 bits per heavy atom. The Kier molecular flexibility index (Phi) is 5.05. The fourth-order valence-corrected chi connectivity index (χ4v) is 1.24. The summed E-state index contributed by atoms with van der Waals surface area (Å²) in [5.41, 5.74) is 6.32. The highest BCUT2D eigenvalue weighted by Crippen LogP contribution is 2.15. The fraction of sp³-hybridized carbons (Fsp3) is 0.308. The molecule has 0 aliphatic carbocycles. The highest BCUT2D eigenvalue weighted by Gasteiger charge is 2.11. The Morgan fingerprint density at radius 1 is 1.41 bits per heavy atom. The molecule has 1 aromatic rings. The van der Waals surface area contributed by atoms with E-state index >= 15 is 0 Å². The molecule has 0 amide bonds. The van der Waals surface area contributed by atoms with Crippen LogP contribution in [-0.4, -0.2) is 26.2 Å². The number of ether oxygens (including phenoxy) is 2. The van der Waals surface area contributed by atoms with Gasteiger partial charge in [-0.1, -0.05) is 24.0 Å². The lowest BCUT2D eigenvalue weighted by Gasteiger charge is -2.04. The topological polar surface area (TPSA) is 61.5 Å². The van der Waals surface area contributed by atoms with Gasteiger partial charge in [-0.15, -0.1) is 0 Å². The molecule has 17 heavy (non-hydrogen) atoms. The number of rotatable bonds is 3. The van der Waals surface area contributed by atoms with Crippen LogP contribution in [0.2, 0.25) is 0 Å². The van der Waals surface area contributed by atoms with E-state index in [1.54, 1.807) is 7.11 Å². The van der Waals surface area contributed by atoms with E-state index in [1.165, 1.54) is 7.11 Å². The molecule has 0 aliphatic rings. The number of hydrogen-bond donors (Lipinski definition) is 1. The second kappa shape index (κ2) is 6.56. The summed E-state index contributed by atoms with van der Waals surface area (Å²) in [5, 5.41) is 0. The lowest BCUT2D eigenvalue weighted by Crippen LogP contribution is -2.30.